The maximum Gasteiger partial charge on any atom is 0.0325 e. The van der Waals surface area contributed by atoms with Crippen LogP contribution in [0.15, 0.2) is 22.7 Å². The third-order valence-electron chi connectivity index (χ3n) is 2.96. The van der Waals surface area contributed by atoms with Crippen molar-refractivity contribution in [3.8, 4) is 0 Å². The fraction of sp³-hybridized carbons (Fsp3) is 0.600. The van der Waals surface area contributed by atoms with Crippen molar-refractivity contribution in [2.75, 3.05) is 39.5 Å². The van der Waals surface area contributed by atoms with Crippen LogP contribution in [0.3, 0.4) is 0 Å². The Morgan fingerprint density at radius 2 is 1.89 bits per heavy atom. The van der Waals surface area contributed by atoms with E-state index in [0.29, 0.717) is 5.92 Å². The van der Waals surface area contributed by atoms with E-state index in [1.165, 1.54) is 5.56 Å². The molecule has 108 valence electrons. The first-order valence-corrected chi connectivity index (χ1v) is 7.58. The van der Waals surface area contributed by atoms with Gasteiger partial charge in [0.05, 0.1) is 0 Å². The van der Waals surface area contributed by atoms with Crippen molar-refractivity contribution in [1.82, 2.24) is 9.80 Å². The fourth-order valence-electron chi connectivity index (χ4n) is 2.03. The molecule has 1 rings (SSSR count). The molecule has 0 saturated heterocycles. The van der Waals surface area contributed by atoms with Gasteiger partial charge in [0, 0.05) is 36.3 Å². The maximum atomic E-state index is 5.79. The first-order valence-electron chi connectivity index (χ1n) is 6.79. The van der Waals surface area contributed by atoms with Gasteiger partial charge in [0.15, 0.2) is 0 Å². The summed E-state index contributed by atoms with van der Waals surface area (Å²) in [6.07, 6.45) is 0. The first kappa shape index (κ1) is 16.5. The lowest BCUT2D eigenvalue weighted by atomic mass is 10.1. The minimum Gasteiger partial charge on any atom is -0.399 e. The van der Waals surface area contributed by atoms with Gasteiger partial charge in [0.25, 0.3) is 0 Å². The van der Waals surface area contributed by atoms with E-state index >= 15 is 0 Å². The van der Waals surface area contributed by atoms with Crippen molar-refractivity contribution in [2.24, 2.45) is 5.92 Å². The van der Waals surface area contributed by atoms with Gasteiger partial charge in [-0.05, 0) is 37.7 Å². The molecule has 0 heterocycles. The summed E-state index contributed by atoms with van der Waals surface area (Å²) in [6.45, 7) is 8.78. The zero-order valence-electron chi connectivity index (χ0n) is 12.5. The Balaban J connectivity index is 2.69. The molecule has 0 atom stereocenters. The fourth-order valence-corrected chi connectivity index (χ4v) is 2.55. The molecule has 0 aliphatic carbocycles. The normalized spacial score (nSPS) is 11.8. The number of nitrogens with two attached hydrogens (primary N) is 1. The number of benzene rings is 1. The molecule has 0 aliphatic rings. The molecule has 0 radical (unpaired) electrons. The van der Waals surface area contributed by atoms with E-state index in [9.17, 15) is 0 Å². The van der Waals surface area contributed by atoms with E-state index < -0.39 is 0 Å². The first-order chi connectivity index (χ1) is 8.88. The lowest BCUT2D eigenvalue weighted by Crippen LogP contribution is -2.34. The number of hydrogen-bond acceptors (Lipinski definition) is 3. The number of rotatable bonds is 7. The molecule has 0 fully saturated rings. The number of anilines is 1. The molecule has 0 unspecified atom stereocenters. The summed E-state index contributed by atoms with van der Waals surface area (Å²) in [5.74, 6) is 0.676. The Hall–Kier alpha value is -0.580. The Morgan fingerprint density at radius 1 is 1.21 bits per heavy atom. The van der Waals surface area contributed by atoms with Crippen LogP contribution >= 0.6 is 15.9 Å². The Labute approximate surface area is 125 Å². The minimum atomic E-state index is 0.676. The predicted octanol–water partition coefficient (Wildman–Crippen LogP) is 3.05. The van der Waals surface area contributed by atoms with Gasteiger partial charge in [-0.2, -0.15) is 0 Å². The molecule has 0 aliphatic heterocycles. The van der Waals surface area contributed by atoms with Gasteiger partial charge in [-0.1, -0.05) is 35.8 Å². The molecule has 1 aromatic rings. The maximum absolute atomic E-state index is 5.79. The smallest absolute Gasteiger partial charge is 0.0325 e. The highest BCUT2D eigenvalue weighted by Crippen LogP contribution is 2.21. The zero-order chi connectivity index (χ0) is 14.4. The third kappa shape index (κ3) is 6.41. The molecule has 0 aromatic heterocycles. The molecular weight excluding hydrogens is 302 g/mol. The average Bonchev–Trinajstić information content (AvgIpc) is 2.28. The quantitative estimate of drug-likeness (QED) is 0.781. The number of nitrogen functional groups attached to an aromatic ring is 1. The average molecular weight is 328 g/mol. The molecule has 0 saturated carbocycles. The number of hydrogen-bond donors (Lipinski definition) is 1. The van der Waals surface area contributed by atoms with E-state index in [0.717, 1.165) is 36.3 Å². The predicted molar refractivity (Wildman–Crippen MR) is 87.2 cm³/mol. The minimum absolute atomic E-state index is 0.676. The van der Waals surface area contributed by atoms with Crippen LogP contribution in [0.1, 0.15) is 19.4 Å². The van der Waals surface area contributed by atoms with E-state index in [2.05, 4.69) is 59.7 Å². The van der Waals surface area contributed by atoms with Crippen molar-refractivity contribution in [1.29, 1.82) is 0 Å². The molecule has 1 aromatic carbocycles. The molecule has 0 bridgehead atoms. The van der Waals surface area contributed by atoms with Crippen molar-refractivity contribution in [3.63, 3.8) is 0 Å². The van der Waals surface area contributed by atoms with E-state index in [4.69, 9.17) is 5.73 Å². The monoisotopic (exact) mass is 327 g/mol. The topological polar surface area (TPSA) is 32.5 Å². The van der Waals surface area contributed by atoms with Gasteiger partial charge in [0.2, 0.25) is 0 Å². The molecule has 19 heavy (non-hydrogen) atoms. The lowest BCUT2D eigenvalue weighted by Gasteiger charge is -2.26. The van der Waals surface area contributed by atoms with E-state index in [1.807, 2.05) is 12.1 Å². The summed E-state index contributed by atoms with van der Waals surface area (Å²) < 4.78 is 1.10. The second-order valence-corrected chi connectivity index (χ2v) is 6.64. The van der Waals surface area contributed by atoms with Crippen LogP contribution < -0.4 is 5.73 Å². The molecule has 3 nitrogen and oxygen atoms in total. The Bertz CT molecular complexity index is 391. The summed E-state index contributed by atoms with van der Waals surface area (Å²) >= 11 is 3.60. The van der Waals surface area contributed by atoms with Gasteiger partial charge in [-0.25, -0.2) is 0 Å². The van der Waals surface area contributed by atoms with Crippen LogP contribution in [0.2, 0.25) is 0 Å². The van der Waals surface area contributed by atoms with Crippen LogP contribution in [0.4, 0.5) is 5.69 Å². The second kappa shape index (κ2) is 7.88. The largest absolute Gasteiger partial charge is 0.399 e. The summed E-state index contributed by atoms with van der Waals surface area (Å²) in [6, 6.07) is 6.07. The van der Waals surface area contributed by atoms with Gasteiger partial charge >= 0.3 is 0 Å². The van der Waals surface area contributed by atoms with Crippen LogP contribution in [0, 0.1) is 5.92 Å². The summed E-state index contributed by atoms with van der Waals surface area (Å²) in [5.41, 5.74) is 7.89. The molecule has 0 spiro atoms. The molecular formula is C15H26BrN3. The van der Waals surface area contributed by atoms with E-state index in [-0.39, 0.29) is 0 Å². The van der Waals surface area contributed by atoms with Crippen LogP contribution in [-0.4, -0.2) is 43.5 Å². The highest BCUT2D eigenvalue weighted by molar-refractivity contribution is 9.10. The Kier molecular flexibility index (Phi) is 6.83. The van der Waals surface area contributed by atoms with Gasteiger partial charge < -0.3 is 10.6 Å². The zero-order valence-corrected chi connectivity index (χ0v) is 14.1. The highest BCUT2D eigenvalue weighted by Gasteiger charge is 2.10. The van der Waals surface area contributed by atoms with Gasteiger partial charge in [0.1, 0.15) is 0 Å². The molecule has 4 heteroatoms. The van der Waals surface area contributed by atoms with Crippen molar-refractivity contribution < 1.29 is 0 Å². The SMILES string of the molecule is CC(C)CN(CCN(C)C)Cc1ccc(N)cc1Br. The van der Waals surface area contributed by atoms with Crippen molar-refractivity contribution >= 4 is 21.6 Å². The van der Waals surface area contributed by atoms with Gasteiger partial charge in [-0.15, -0.1) is 0 Å². The number of halogens is 1. The third-order valence-corrected chi connectivity index (χ3v) is 3.70. The van der Waals surface area contributed by atoms with Crippen LogP contribution in [-0.2, 0) is 6.54 Å². The summed E-state index contributed by atoms with van der Waals surface area (Å²) in [7, 11) is 4.24. The number of nitrogens with zero attached hydrogens (tertiary/aromatic N) is 2. The highest BCUT2D eigenvalue weighted by atomic mass is 79.9. The lowest BCUT2D eigenvalue weighted by molar-refractivity contribution is 0.211. The number of likely N-dealkylation sites (N-methyl/N-ethyl adjacent to an activating group) is 1. The standard InChI is InChI=1S/C15H26BrN3/c1-12(2)10-19(8-7-18(3)4)11-13-5-6-14(17)9-15(13)16/h5-6,9,12H,7-8,10-11,17H2,1-4H3. The van der Waals surface area contributed by atoms with Crippen molar-refractivity contribution in [2.45, 2.75) is 20.4 Å². The van der Waals surface area contributed by atoms with Crippen LogP contribution in [0.5, 0.6) is 0 Å². The molecule has 0 amide bonds. The van der Waals surface area contributed by atoms with Crippen molar-refractivity contribution in [3.05, 3.63) is 28.2 Å². The Morgan fingerprint density at radius 3 is 2.42 bits per heavy atom. The van der Waals surface area contributed by atoms with E-state index in [1.54, 1.807) is 0 Å². The summed E-state index contributed by atoms with van der Waals surface area (Å²) in [5, 5.41) is 0. The van der Waals surface area contributed by atoms with Crippen LogP contribution in [0.25, 0.3) is 0 Å². The molecule has 2 N–H and O–H groups in total. The summed E-state index contributed by atoms with van der Waals surface area (Å²) in [4.78, 5) is 4.73. The van der Waals surface area contributed by atoms with Gasteiger partial charge in [-0.3, -0.25) is 4.90 Å². The second-order valence-electron chi connectivity index (χ2n) is 5.78.